The third-order valence-corrected chi connectivity index (χ3v) is 1.50. The molecule has 0 aromatic rings. The first-order valence-corrected chi connectivity index (χ1v) is 3.18. The van der Waals surface area contributed by atoms with Gasteiger partial charge in [0.25, 0.3) is 0 Å². The number of halogens is 2. The van der Waals surface area contributed by atoms with Crippen LogP contribution in [0.5, 0.6) is 0 Å². The summed E-state index contributed by atoms with van der Waals surface area (Å²) in [6, 6.07) is 0. The molecule has 0 radical (unpaired) electrons. The van der Waals surface area contributed by atoms with Crippen molar-refractivity contribution in [2.24, 2.45) is 0 Å². The molecule has 0 spiro atoms. The van der Waals surface area contributed by atoms with E-state index in [1.807, 2.05) is 0 Å². The van der Waals surface area contributed by atoms with Crippen LogP contribution in [0, 0.1) is 0 Å². The fourth-order valence-corrected chi connectivity index (χ4v) is 0.750. The van der Waals surface area contributed by atoms with E-state index in [2.05, 4.69) is 20.8 Å². The van der Waals surface area contributed by atoms with Crippen LogP contribution in [0.1, 0.15) is 20.8 Å². The predicted molar refractivity (Wildman–Crippen MR) is 38.3 cm³/mol. The van der Waals surface area contributed by atoms with Gasteiger partial charge in [-0.1, -0.05) is 0 Å². The van der Waals surface area contributed by atoms with Crippen molar-refractivity contribution in [1.82, 2.24) is 0 Å². The summed E-state index contributed by atoms with van der Waals surface area (Å²) in [7, 11) is 0. The zero-order chi connectivity index (χ0) is 5.70. The van der Waals surface area contributed by atoms with Crippen molar-refractivity contribution in [1.29, 1.82) is 0 Å². The quantitative estimate of drug-likeness (QED) is 0.375. The summed E-state index contributed by atoms with van der Waals surface area (Å²) < 4.78 is 0. The summed E-state index contributed by atoms with van der Waals surface area (Å²) in [5.74, 6) is 0. The molecular formula is C6H16BeI2N+. The van der Waals surface area contributed by atoms with E-state index in [9.17, 15) is 0 Å². The van der Waals surface area contributed by atoms with E-state index < -0.39 is 0 Å². The Balaban J connectivity index is -0.0000000600. The third-order valence-electron chi connectivity index (χ3n) is 1.50. The van der Waals surface area contributed by atoms with Crippen LogP contribution in [0.4, 0.5) is 0 Å². The normalized spacial score (nSPS) is 7.20. The summed E-state index contributed by atoms with van der Waals surface area (Å²) in [6.45, 7) is 10.5. The molecule has 10 heavy (non-hydrogen) atoms. The van der Waals surface area contributed by atoms with Crippen molar-refractivity contribution in [3.63, 3.8) is 0 Å². The summed E-state index contributed by atoms with van der Waals surface area (Å²) in [5.41, 5.74) is 0. The van der Waals surface area contributed by atoms with Gasteiger partial charge in [-0.25, -0.2) is 0 Å². The molecule has 0 fully saturated rings. The molecule has 0 unspecified atom stereocenters. The minimum atomic E-state index is 0. The molecule has 4 heteroatoms. The van der Waals surface area contributed by atoms with Crippen LogP contribution in [0.3, 0.4) is 0 Å². The van der Waals surface area contributed by atoms with Gasteiger partial charge in [-0.05, 0) is 20.8 Å². The minimum absolute atomic E-state index is 0. The third kappa shape index (κ3) is 12.3. The molecule has 0 saturated heterocycles. The second-order valence-electron chi connectivity index (χ2n) is 1.81. The SMILES string of the molecule is CC[NH+](CC)CC.[Be+2].[I-].[I-]. The second-order valence-corrected chi connectivity index (χ2v) is 1.81. The zero-order valence-electron chi connectivity index (χ0n) is 7.08. The van der Waals surface area contributed by atoms with E-state index in [0.717, 1.165) is 0 Å². The number of nitrogens with one attached hydrogen (secondary N) is 1. The van der Waals surface area contributed by atoms with Gasteiger partial charge in [0, 0.05) is 0 Å². The maximum absolute atomic E-state index is 2.22. The average Bonchev–Trinajstić information content (AvgIpc) is 1.72. The summed E-state index contributed by atoms with van der Waals surface area (Å²) in [4.78, 5) is 1.68. The Hall–Kier alpha value is 1.59. The van der Waals surface area contributed by atoms with Crippen molar-refractivity contribution < 1.29 is 52.9 Å². The molecule has 0 heterocycles. The first-order chi connectivity index (χ1) is 3.35. The Bertz CT molecular complexity index is 37.2. The molecule has 0 aromatic heterocycles. The Morgan fingerprint density at radius 2 is 1.00 bits per heavy atom. The van der Waals surface area contributed by atoms with Gasteiger partial charge in [0.15, 0.2) is 0 Å². The van der Waals surface area contributed by atoms with Crippen LogP contribution in [-0.4, -0.2) is 29.8 Å². The van der Waals surface area contributed by atoms with E-state index in [4.69, 9.17) is 0 Å². The van der Waals surface area contributed by atoms with Gasteiger partial charge in [0.2, 0.25) is 0 Å². The number of hydrogen-bond donors (Lipinski definition) is 1. The van der Waals surface area contributed by atoms with Crippen LogP contribution in [0.25, 0.3) is 0 Å². The van der Waals surface area contributed by atoms with Gasteiger partial charge in [0.05, 0.1) is 19.6 Å². The molecule has 0 bridgehead atoms. The Kier molecular flexibility index (Phi) is 38.1. The molecule has 0 aliphatic heterocycles. The van der Waals surface area contributed by atoms with Crippen molar-refractivity contribution in [3.8, 4) is 0 Å². The predicted octanol–water partition coefficient (Wildman–Crippen LogP) is -6.44. The van der Waals surface area contributed by atoms with Crippen molar-refractivity contribution in [2.75, 3.05) is 19.6 Å². The summed E-state index contributed by atoms with van der Waals surface area (Å²) in [5, 5.41) is 0. The molecule has 0 aromatic carbocycles. The van der Waals surface area contributed by atoms with Crippen molar-refractivity contribution >= 4 is 10.1 Å². The Morgan fingerprint density at radius 3 is 1.00 bits per heavy atom. The van der Waals surface area contributed by atoms with E-state index in [1.165, 1.54) is 19.6 Å². The van der Waals surface area contributed by atoms with Crippen LogP contribution < -0.4 is 52.9 Å². The molecule has 0 aliphatic rings. The number of rotatable bonds is 3. The maximum Gasteiger partial charge on any atom is 2.00 e. The zero-order valence-corrected chi connectivity index (χ0v) is 11.4. The van der Waals surface area contributed by atoms with Crippen LogP contribution in [0.15, 0.2) is 0 Å². The molecule has 1 nitrogen and oxygen atoms in total. The summed E-state index contributed by atoms with van der Waals surface area (Å²) >= 11 is 0. The first kappa shape index (κ1) is 22.6. The van der Waals surface area contributed by atoms with Crippen LogP contribution >= 0.6 is 0 Å². The minimum Gasteiger partial charge on any atom is -1.00 e. The number of quaternary nitrogens is 1. The van der Waals surface area contributed by atoms with Gasteiger partial charge < -0.3 is 52.9 Å². The maximum atomic E-state index is 2.22. The van der Waals surface area contributed by atoms with E-state index in [1.54, 1.807) is 4.90 Å². The van der Waals surface area contributed by atoms with E-state index in [0.29, 0.717) is 0 Å². The molecule has 0 atom stereocenters. The largest absolute Gasteiger partial charge is 2.00 e. The Labute approximate surface area is 103 Å². The molecule has 0 saturated carbocycles. The van der Waals surface area contributed by atoms with E-state index >= 15 is 0 Å². The molecule has 0 aliphatic carbocycles. The monoisotopic (exact) mass is 365 g/mol. The second kappa shape index (κ2) is 16.9. The van der Waals surface area contributed by atoms with Gasteiger partial charge >= 0.3 is 10.1 Å². The smallest absolute Gasteiger partial charge is 1.00 e. The van der Waals surface area contributed by atoms with Crippen molar-refractivity contribution in [3.05, 3.63) is 0 Å². The van der Waals surface area contributed by atoms with E-state index in [-0.39, 0.29) is 58.1 Å². The molecule has 0 rings (SSSR count). The fourth-order valence-electron chi connectivity index (χ4n) is 0.750. The topological polar surface area (TPSA) is 4.44 Å². The first-order valence-electron chi connectivity index (χ1n) is 3.18. The van der Waals surface area contributed by atoms with Gasteiger partial charge in [-0.15, -0.1) is 0 Å². The van der Waals surface area contributed by atoms with Crippen LogP contribution in [-0.2, 0) is 0 Å². The molecule has 1 N–H and O–H groups in total. The van der Waals surface area contributed by atoms with Crippen molar-refractivity contribution in [2.45, 2.75) is 20.8 Å². The van der Waals surface area contributed by atoms with Gasteiger partial charge in [-0.3, -0.25) is 0 Å². The molecular weight excluding hydrogens is 349 g/mol. The number of hydrogen-bond acceptors (Lipinski definition) is 0. The fraction of sp³-hybridized carbons (Fsp3) is 1.00. The average molecular weight is 365 g/mol. The summed E-state index contributed by atoms with van der Waals surface area (Å²) in [6.07, 6.45) is 0. The van der Waals surface area contributed by atoms with Crippen LogP contribution in [0.2, 0.25) is 0 Å². The standard InChI is InChI=1S/C6H15N.Be.2HI/c1-4-7(5-2)6-3;;;/h4-6H2,1-3H3;;2*1H/q;+2;;/p-1. The molecule has 60 valence electrons. The van der Waals surface area contributed by atoms with Gasteiger partial charge in [-0.2, -0.15) is 0 Å². The molecule has 0 amide bonds. The Morgan fingerprint density at radius 1 is 0.800 bits per heavy atom. The van der Waals surface area contributed by atoms with Gasteiger partial charge in [0.1, 0.15) is 0 Å².